The van der Waals surface area contributed by atoms with Gasteiger partial charge in [0.1, 0.15) is 18.4 Å². The van der Waals surface area contributed by atoms with Crippen LogP contribution in [0.25, 0.3) is 0 Å². The monoisotopic (exact) mass is 655 g/mol. The van der Waals surface area contributed by atoms with Crippen LogP contribution in [0.2, 0.25) is 10.0 Å². The number of halogens is 3. The van der Waals surface area contributed by atoms with E-state index in [1.165, 1.54) is 4.90 Å². The largest absolute Gasteiger partial charge is 0.352 e. The van der Waals surface area contributed by atoms with Gasteiger partial charge in [-0.15, -0.1) is 0 Å². The highest BCUT2D eigenvalue weighted by Gasteiger charge is 2.35. The van der Waals surface area contributed by atoms with Crippen molar-refractivity contribution in [2.75, 3.05) is 10.8 Å². The summed E-state index contributed by atoms with van der Waals surface area (Å²) in [6.45, 7) is 2.94. The highest BCUT2D eigenvalue weighted by Crippen LogP contribution is 2.27. The van der Waals surface area contributed by atoms with E-state index in [1.807, 2.05) is 44.2 Å². The van der Waals surface area contributed by atoms with E-state index in [-0.39, 0.29) is 34.6 Å². The van der Waals surface area contributed by atoms with Gasteiger partial charge in [-0.25, -0.2) is 12.8 Å². The molecule has 4 aromatic carbocycles. The molecule has 0 spiro atoms. The Bertz CT molecular complexity index is 1690. The maximum absolute atomic E-state index is 14.4. The van der Waals surface area contributed by atoms with Gasteiger partial charge in [0.05, 0.1) is 20.6 Å². The molecule has 2 amide bonds. The molecule has 0 saturated carbocycles. The molecular weight excluding hydrogens is 624 g/mol. The quantitative estimate of drug-likeness (QED) is 0.189. The first-order valence-corrected chi connectivity index (χ1v) is 16.1. The molecule has 0 radical (unpaired) electrons. The molecular formula is C33H32Cl2FN3O4S. The number of rotatable bonds is 12. The molecule has 44 heavy (non-hydrogen) atoms. The summed E-state index contributed by atoms with van der Waals surface area (Å²) in [5, 5.41) is 3.50. The summed E-state index contributed by atoms with van der Waals surface area (Å²) in [6, 6.07) is 25.4. The van der Waals surface area contributed by atoms with E-state index in [9.17, 15) is 22.4 Å². The number of amides is 2. The third-order valence-corrected chi connectivity index (χ3v) is 9.29. The predicted octanol–water partition coefficient (Wildman–Crippen LogP) is 6.49. The fourth-order valence-electron chi connectivity index (χ4n) is 4.63. The van der Waals surface area contributed by atoms with Crippen molar-refractivity contribution in [3.8, 4) is 0 Å². The van der Waals surface area contributed by atoms with E-state index < -0.39 is 40.2 Å². The molecule has 0 fully saturated rings. The first kappa shape index (κ1) is 33.0. The maximum atomic E-state index is 14.4. The zero-order chi connectivity index (χ0) is 31.9. The highest BCUT2D eigenvalue weighted by molar-refractivity contribution is 7.92. The number of benzene rings is 4. The van der Waals surface area contributed by atoms with Crippen LogP contribution in [0, 0.1) is 5.82 Å². The zero-order valence-corrected chi connectivity index (χ0v) is 26.5. The lowest BCUT2D eigenvalue weighted by Crippen LogP contribution is -2.54. The summed E-state index contributed by atoms with van der Waals surface area (Å²) in [5.74, 6) is -1.63. The smallest absolute Gasteiger partial charge is 0.264 e. The second kappa shape index (κ2) is 14.7. The van der Waals surface area contributed by atoms with Crippen LogP contribution >= 0.6 is 23.2 Å². The number of hydrogen-bond donors (Lipinski definition) is 1. The van der Waals surface area contributed by atoms with Crippen LogP contribution in [0.4, 0.5) is 10.1 Å². The van der Waals surface area contributed by atoms with Gasteiger partial charge in [0.15, 0.2) is 0 Å². The van der Waals surface area contributed by atoms with Crippen LogP contribution in [-0.2, 0) is 32.6 Å². The molecule has 0 aromatic heterocycles. The van der Waals surface area contributed by atoms with Crippen molar-refractivity contribution >= 4 is 50.7 Å². The molecule has 0 saturated heterocycles. The Morgan fingerprint density at radius 3 is 2.02 bits per heavy atom. The van der Waals surface area contributed by atoms with Crippen molar-refractivity contribution in [1.29, 1.82) is 0 Å². The molecule has 4 aromatic rings. The minimum atomic E-state index is -4.33. The molecule has 0 aliphatic rings. The maximum Gasteiger partial charge on any atom is 0.264 e. The summed E-state index contributed by atoms with van der Waals surface area (Å²) >= 11 is 12.4. The van der Waals surface area contributed by atoms with Gasteiger partial charge in [-0.2, -0.15) is 0 Å². The number of anilines is 1. The van der Waals surface area contributed by atoms with Gasteiger partial charge in [-0.05, 0) is 73.5 Å². The lowest BCUT2D eigenvalue weighted by Gasteiger charge is -2.34. The normalized spacial score (nSPS) is 12.0. The Labute approximate surface area is 267 Å². The zero-order valence-electron chi connectivity index (χ0n) is 24.2. The molecule has 0 unspecified atom stereocenters. The molecule has 0 bridgehead atoms. The van der Waals surface area contributed by atoms with Crippen LogP contribution in [0.3, 0.4) is 0 Å². The van der Waals surface area contributed by atoms with Crippen LogP contribution in [0.15, 0.2) is 108 Å². The van der Waals surface area contributed by atoms with E-state index in [2.05, 4.69) is 5.32 Å². The van der Waals surface area contributed by atoms with Gasteiger partial charge in [-0.3, -0.25) is 13.9 Å². The molecule has 1 atom stereocenters. The standard InChI is InChI=1S/C33H32Cl2FN3O4S/c1-23(2)37-33(41)31(20-24-9-5-3-6-10-24)38(21-25-13-18-29(34)30(35)19-25)32(40)22-39(27-11-7-4-8-12-27)44(42,43)28-16-14-26(36)15-17-28/h3-19,23,31H,20-22H2,1-2H3,(H,37,41)/t31-/m0/s1. The Morgan fingerprint density at radius 2 is 1.43 bits per heavy atom. The number of nitrogens with zero attached hydrogens (tertiary/aromatic N) is 2. The molecule has 230 valence electrons. The summed E-state index contributed by atoms with van der Waals surface area (Å²) in [7, 11) is -4.33. The number of nitrogens with one attached hydrogen (secondary N) is 1. The summed E-state index contributed by atoms with van der Waals surface area (Å²) in [6.07, 6.45) is 0.169. The average molecular weight is 657 g/mol. The van der Waals surface area contributed by atoms with Gasteiger partial charge < -0.3 is 10.2 Å². The third kappa shape index (κ3) is 8.37. The first-order valence-electron chi connectivity index (χ1n) is 13.9. The van der Waals surface area contributed by atoms with Crippen LogP contribution in [0.1, 0.15) is 25.0 Å². The molecule has 7 nitrogen and oxygen atoms in total. The van der Waals surface area contributed by atoms with Gasteiger partial charge in [-0.1, -0.05) is 77.8 Å². The SMILES string of the molecule is CC(C)NC(=O)[C@H](Cc1ccccc1)N(Cc1ccc(Cl)c(Cl)c1)C(=O)CN(c1ccccc1)S(=O)(=O)c1ccc(F)cc1. The number of carbonyl (C=O) groups excluding carboxylic acids is 2. The average Bonchev–Trinajstić information content (AvgIpc) is 3.00. The van der Waals surface area contributed by atoms with Crippen LogP contribution < -0.4 is 9.62 Å². The number of para-hydroxylation sites is 1. The Balaban J connectivity index is 1.80. The van der Waals surface area contributed by atoms with Gasteiger partial charge in [0.25, 0.3) is 10.0 Å². The van der Waals surface area contributed by atoms with Gasteiger partial charge in [0.2, 0.25) is 11.8 Å². The Morgan fingerprint density at radius 1 is 0.818 bits per heavy atom. The van der Waals surface area contributed by atoms with E-state index >= 15 is 0 Å². The summed E-state index contributed by atoms with van der Waals surface area (Å²) < 4.78 is 42.5. The molecule has 0 aliphatic carbocycles. The fourth-order valence-corrected chi connectivity index (χ4v) is 6.36. The van der Waals surface area contributed by atoms with Crippen molar-refractivity contribution in [2.45, 2.75) is 43.8 Å². The topological polar surface area (TPSA) is 86.8 Å². The molecule has 0 heterocycles. The van der Waals surface area contributed by atoms with Crippen LogP contribution in [-0.4, -0.2) is 43.8 Å². The van der Waals surface area contributed by atoms with Gasteiger partial charge in [0, 0.05) is 19.0 Å². The Kier molecular flexibility index (Phi) is 11.0. The van der Waals surface area contributed by atoms with Gasteiger partial charge >= 0.3 is 0 Å². The minimum Gasteiger partial charge on any atom is -0.352 e. The van der Waals surface area contributed by atoms with Crippen molar-refractivity contribution in [3.63, 3.8) is 0 Å². The van der Waals surface area contributed by atoms with E-state index in [1.54, 1.807) is 48.5 Å². The van der Waals surface area contributed by atoms with Crippen molar-refractivity contribution in [2.24, 2.45) is 0 Å². The fraction of sp³-hybridized carbons (Fsp3) is 0.212. The number of carbonyl (C=O) groups is 2. The predicted molar refractivity (Wildman–Crippen MR) is 172 cm³/mol. The molecule has 0 aliphatic heterocycles. The summed E-state index contributed by atoms with van der Waals surface area (Å²) in [5.41, 5.74) is 1.63. The molecule has 4 rings (SSSR count). The van der Waals surface area contributed by atoms with Crippen molar-refractivity contribution < 1.29 is 22.4 Å². The van der Waals surface area contributed by atoms with E-state index in [0.717, 1.165) is 34.1 Å². The lowest BCUT2D eigenvalue weighted by atomic mass is 10.0. The minimum absolute atomic E-state index is 0.0576. The van der Waals surface area contributed by atoms with E-state index in [0.29, 0.717) is 10.6 Å². The molecule has 11 heteroatoms. The lowest BCUT2D eigenvalue weighted by molar-refractivity contribution is -0.140. The second-order valence-electron chi connectivity index (χ2n) is 10.4. The summed E-state index contributed by atoms with van der Waals surface area (Å²) in [4.78, 5) is 29.2. The number of hydrogen-bond acceptors (Lipinski definition) is 4. The van der Waals surface area contributed by atoms with Crippen molar-refractivity contribution in [3.05, 3.63) is 130 Å². The van der Waals surface area contributed by atoms with E-state index in [4.69, 9.17) is 23.2 Å². The Hall–Kier alpha value is -3.92. The van der Waals surface area contributed by atoms with Crippen molar-refractivity contribution in [1.82, 2.24) is 10.2 Å². The first-order chi connectivity index (χ1) is 21.0. The third-order valence-electron chi connectivity index (χ3n) is 6.76. The second-order valence-corrected chi connectivity index (χ2v) is 13.1. The number of sulfonamides is 1. The van der Waals surface area contributed by atoms with Crippen LogP contribution in [0.5, 0.6) is 0 Å². The highest BCUT2D eigenvalue weighted by atomic mass is 35.5. The molecule has 1 N–H and O–H groups in total.